The summed E-state index contributed by atoms with van der Waals surface area (Å²) in [6.45, 7) is 32.9. The van der Waals surface area contributed by atoms with Crippen molar-refractivity contribution in [3.8, 4) is 34.5 Å². The molecule has 0 spiro atoms. The second-order valence-corrected chi connectivity index (χ2v) is 21.2. The number of rotatable bonds is 2. The van der Waals surface area contributed by atoms with E-state index in [4.69, 9.17) is 19.5 Å². The number of hydrogen-bond donors (Lipinski definition) is 0. The summed E-state index contributed by atoms with van der Waals surface area (Å²) in [5.74, 6) is 0.978. The van der Waals surface area contributed by atoms with Gasteiger partial charge in [0.2, 0.25) is 0 Å². The molecule has 7 heteroatoms. The molecule has 63 heavy (non-hydrogen) atoms. The minimum Gasteiger partial charge on any atom is -0.873 e. The zero-order chi connectivity index (χ0) is 45.4. The van der Waals surface area contributed by atoms with Crippen LogP contribution < -0.4 is 19.7 Å². The van der Waals surface area contributed by atoms with Crippen molar-refractivity contribution in [2.45, 2.75) is 132 Å². The van der Waals surface area contributed by atoms with Gasteiger partial charge in [-0.05, 0) is 99.8 Å². The standard InChI is InChI=1S/C28H24N2.C28H40O4.Ni/c1-17-9-5-10-18(2)25(17)29-27-22-15-7-13-21-14-8-16-23(24(21)22)28(27)30-26-19(3)11-6-12-20(26)4;1-25(2,3)15-13-16(26(4,5)6)22-17(14-15)31-23-18(27(7,8)9)20(29)21(30)19(24(23)32-22)28(10,11)12;/h5-16H,1-4H3;13-14,29-30H,1-12H3;/q;;+2/p-2. The van der Waals surface area contributed by atoms with E-state index in [1.165, 1.54) is 33.0 Å². The molecule has 0 radical (unpaired) electrons. The van der Waals surface area contributed by atoms with Crippen molar-refractivity contribution in [3.63, 3.8) is 0 Å². The summed E-state index contributed by atoms with van der Waals surface area (Å²) in [5.41, 5.74) is 12.5. The average Bonchev–Trinajstić information content (AvgIpc) is 3.45. The first-order valence-electron chi connectivity index (χ1n) is 21.7. The monoisotopic (exact) mass is 884 g/mol. The van der Waals surface area contributed by atoms with Crippen LogP contribution >= 0.6 is 0 Å². The Bertz CT molecular complexity index is 2700. The predicted molar refractivity (Wildman–Crippen MR) is 255 cm³/mol. The van der Waals surface area contributed by atoms with E-state index >= 15 is 0 Å². The summed E-state index contributed by atoms with van der Waals surface area (Å²) in [6.07, 6.45) is 0. The number of ether oxygens (including phenoxy) is 2. The Morgan fingerprint density at radius 1 is 0.460 bits per heavy atom. The quantitative estimate of drug-likeness (QED) is 0.162. The minimum absolute atomic E-state index is 0. The fourth-order valence-electron chi connectivity index (χ4n) is 8.61. The van der Waals surface area contributed by atoms with Crippen LogP contribution in [0, 0.1) is 27.7 Å². The van der Waals surface area contributed by atoms with Crippen LogP contribution in [0.15, 0.2) is 94.9 Å². The summed E-state index contributed by atoms with van der Waals surface area (Å²) in [5, 5.41) is 29.0. The van der Waals surface area contributed by atoms with E-state index in [1.807, 2.05) is 47.6 Å². The second kappa shape index (κ2) is 16.6. The third-order valence-electron chi connectivity index (χ3n) is 11.9. The van der Waals surface area contributed by atoms with Gasteiger partial charge in [-0.2, -0.15) is 0 Å². The summed E-state index contributed by atoms with van der Waals surface area (Å²) in [7, 11) is 0. The molecule has 2 aliphatic rings. The molecule has 0 bridgehead atoms. The van der Waals surface area contributed by atoms with Crippen LogP contribution in [0.2, 0.25) is 0 Å². The van der Waals surface area contributed by atoms with E-state index in [-0.39, 0.29) is 27.3 Å². The van der Waals surface area contributed by atoms with Crippen LogP contribution in [0.4, 0.5) is 11.4 Å². The smallest absolute Gasteiger partial charge is 0.873 e. The molecule has 0 amide bonds. The first kappa shape index (κ1) is 47.1. The number of aliphatic imine (C=N–C) groups is 2. The molecule has 8 rings (SSSR count). The van der Waals surface area contributed by atoms with Crippen molar-refractivity contribution in [1.82, 2.24) is 0 Å². The molecule has 1 aliphatic heterocycles. The molecular weight excluding hydrogens is 823 g/mol. The van der Waals surface area contributed by atoms with Crippen molar-refractivity contribution in [3.05, 3.63) is 141 Å². The topological polar surface area (TPSA) is 89.3 Å². The summed E-state index contributed by atoms with van der Waals surface area (Å²) >= 11 is 0. The van der Waals surface area contributed by atoms with Gasteiger partial charge >= 0.3 is 16.5 Å². The fraction of sp³-hybridized carbons (Fsp3) is 0.357. The van der Waals surface area contributed by atoms with Gasteiger partial charge in [0.25, 0.3) is 0 Å². The number of nitrogens with zero attached hydrogens (tertiary/aromatic N) is 2. The van der Waals surface area contributed by atoms with Gasteiger partial charge in [0, 0.05) is 22.1 Å². The average molecular weight is 886 g/mol. The maximum absolute atomic E-state index is 13.3. The van der Waals surface area contributed by atoms with Gasteiger partial charge in [0.1, 0.15) is 0 Å². The van der Waals surface area contributed by atoms with E-state index in [0.717, 1.165) is 45.1 Å². The van der Waals surface area contributed by atoms with Gasteiger partial charge in [-0.3, -0.25) is 0 Å². The number of para-hydroxylation sites is 2. The van der Waals surface area contributed by atoms with Gasteiger partial charge < -0.3 is 19.7 Å². The Kier molecular flexibility index (Phi) is 12.4. The molecular formula is C56H62N2NiO4. The van der Waals surface area contributed by atoms with Gasteiger partial charge in [0.05, 0.1) is 22.8 Å². The third kappa shape index (κ3) is 8.79. The van der Waals surface area contributed by atoms with Gasteiger partial charge in [-0.15, -0.1) is 11.5 Å². The molecule has 0 saturated carbocycles. The predicted octanol–water partition coefficient (Wildman–Crippen LogP) is 14.2. The zero-order valence-corrected chi connectivity index (χ0v) is 40.9. The molecule has 0 fully saturated rings. The van der Waals surface area contributed by atoms with Gasteiger partial charge in [-0.25, -0.2) is 9.98 Å². The number of benzene rings is 6. The van der Waals surface area contributed by atoms with Crippen LogP contribution in [0.5, 0.6) is 34.5 Å². The minimum atomic E-state index is -0.579. The summed E-state index contributed by atoms with van der Waals surface area (Å²) in [6, 6.07) is 29.8. The molecule has 0 unspecified atom stereocenters. The van der Waals surface area contributed by atoms with Crippen LogP contribution in [0.1, 0.15) is 139 Å². The van der Waals surface area contributed by atoms with Crippen molar-refractivity contribution in [2.75, 3.05) is 0 Å². The zero-order valence-electron chi connectivity index (χ0n) is 39.9. The maximum Gasteiger partial charge on any atom is 2.00 e. The molecule has 0 atom stereocenters. The molecule has 0 N–H and O–H groups in total. The normalized spacial score (nSPS) is 14.7. The van der Waals surface area contributed by atoms with Crippen molar-refractivity contribution in [1.29, 1.82) is 0 Å². The second-order valence-electron chi connectivity index (χ2n) is 21.2. The molecule has 6 aromatic carbocycles. The van der Waals surface area contributed by atoms with E-state index < -0.39 is 22.3 Å². The van der Waals surface area contributed by atoms with Crippen LogP contribution in [0.3, 0.4) is 0 Å². The summed E-state index contributed by atoms with van der Waals surface area (Å²) in [4.78, 5) is 10.4. The Hall–Kier alpha value is -5.39. The number of aryl methyl sites for hydroxylation is 4. The fourth-order valence-corrected chi connectivity index (χ4v) is 8.61. The van der Waals surface area contributed by atoms with E-state index in [0.29, 0.717) is 34.1 Å². The Morgan fingerprint density at radius 3 is 1.24 bits per heavy atom. The molecule has 0 saturated heterocycles. The van der Waals surface area contributed by atoms with Crippen molar-refractivity contribution in [2.24, 2.45) is 9.98 Å². The Morgan fingerprint density at radius 2 is 0.857 bits per heavy atom. The molecule has 0 aromatic heterocycles. The SMILES string of the molecule is CC(C)(C)c1cc2c(c(C(C)(C)C)c1)Oc1c(c(C(C)(C)C)c([O-])c([O-])c1C(C)(C)C)O2.Cc1cccc(C)c1N=C1C(=Nc2c(C)cccc2C)c2cccc3cccc1c23.[Ni+2]. The Labute approximate surface area is 385 Å². The van der Waals surface area contributed by atoms with E-state index in [1.54, 1.807) is 0 Å². The maximum atomic E-state index is 13.3. The molecule has 330 valence electrons. The van der Waals surface area contributed by atoms with Gasteiger partial charge in [-0.1, -0.05) is 162 Å². The molecule has 1 heterocycles. The van der Waals surface area contributed by atoms with E-state index in [9.17, 15) is 10.2 Å². The van der Waals surface area contributed by atoms with Crippen molar-refractivity contribution >= 4 is 33.6 Å². The van der Waals surface area contributed by atoms with Gasteiger partial charge in [0.15, 0.2) is 23.0 Å². The van der Waals surface area contributed by atoms with Crippen LogP contribution in [-0.2, 0) is 38.2 Å². The number of fused-ring (bicyclic) bond motifs is 2. The largest absolute Gasteiger partial charge is 2.00 e. The first-order valence-corrected chi connectivity index (χ1v) is 21.7. The Balaban J connectivity index is 0.000000207. The van der Waals surface area contributed by atoms with Crippen LogP contribution in [0.25, 0.3) is 10.8 Å². The third-order valence-corrected chi connectivity index (χ3v) is 11.9. The van der Waals surface area contributed by atoms with E-state index in [2.05, 4.69) is 148 Å². The van der Waals surface area contributed by atoms with Crippen LogP contribution in [-0.4, -0.2) is 11.4 Å². The number of hydrogen-bond acceptors (Lipinski definition) is 6. The molecule has 1 aliphatic carbocycles. The van der Waals surface area contributed by atoms with Crippen molar-refractivity contribution < 1.29 is 36.2 Å². The summed E-state index contributed by atoms with van der Waals surface area (Å²) < 4.78 is 13.1. The first-order chi connectivity index (χ1) is 28.8. The molecule has 6 nitrogen and oxygen atoms in total. The molecule has 6 aromatic rings.